The molecular formula is C25H36O5Si. The van der Waals surface area contributed by atoms with Crippen molar-refractivity contribution in [2.24, 2.45) is 0 Å². The molecule has 0 aliphatic carbocycles. The second-order valence-electron chi connectivity index (χ2n) is 8.99. The van der Waals surface area contributed by atoms with E-state index in [9.17, 15) is 5.11 Å². The van der Waals surface area contributed by atoms with Crippen LogP contribution in [0.1, 0.15) is 31.9 Å². The summed E-state index contributed by atoms with van der Waals surface area (Å²) in [6.45, 7) is 11.0. The third-order valence-corrected chi connectivity index (χ3v) is 10.3. The summed E-state index contributed by atoms with van der Waals surface area (Å²) in [5, 5.41) is 9.71. The fraction of sp³-hybridized carbons (Fsp3) is 0.440. The normalized spacial score (nSPS) is 12.5. The number of benzene rings is 2. The van der Waals surface area contributed by atoms with Crippen LogP contribution >= 0.6 is 0 Å². The van der Waals surface area contributed by atoms with Crippen LogP contribution in [0.15, 0.2) is 42.5 Å². The zero-order valence-electron chi connectivity index (χ0n) is 20.0. The van der Waals surface area contributed by atoms with E-state index in [1.165, 1.54) is 0 Å². The number of methoxy groups -OCH3 is 3. The molecule has 0 bridgehead atoms. The van der Waals surface area contributed by atoms with Gasteiger partial charge in [-0.25, -0.2) is 0 Å². The SMILES string of the molecule is COc1ccc(/C(=C\CO)Cc2c(OC)cc(OC)cc2O[Si](C)(C)C(C)(C)C)cc1. The van der Waals surface area contributed by atoms with Crippen LogP contribution in [-0.4, -0.2) is 41.4 Å². The molecule has 0 radical (unpaired) electrons. The van der Waals surface area contributed by atoms with Crippen molar-refractivity contribution >= 4 is 13.9 Å². The van der Waals surface area contributed by atoms with Gasteiger partial charge >= 0.3 is 0 Å². The molecule has 0 aliphatic rings. The van der Waals surface area contributed by atoms with Crippen molar-refractivity contribution in [3.8, 4) is 23.0 Å². The van der Waals surface area contributed by atoms with Gasteiger partial charge in [0, 0.05) is 24.1 Å². The zero-order chi connectivity index (χ0) is 23.2. The largest absolute Gasteiger partial charge is 0.543 e. The van der Waals surface area contributed by atoms with Crippen molar-refractivity contribution in [1.29, 1.82) is 0 Å². The first-order chi connectivity index (χ1) is 14.6. The lowest BCUT2D eigenvalue weighted by Gasteiger charge is -2.37. The highest BCUT2D eigenvalue weighted by Crippen LogP contribution is 2.43. The number of allylic oxidation sites excluding steroid dienone is 1. The molecule has 0 spiro atoms. The summed E-state index contributed by atoms with van der Waals surface area (Å²) in [7, 11) is 2.83. The third kappa shape index (κ3) is 6.05. The van der Waals surface area contributed by atoms with Crippen LogP contribution in [0, 0.1) is 0 Å². The summed E-state index contributed by atoms with van der Waals surface area (Å²) in [4.78, 5) is 0. The highest BCUT2D eigenvalue weighted by Gasteiger charge is 2.39. The maximum absolute atomic E-state index is 9.67. The summed E-state index contributed by atoms with van der Waals surface area (Å²) in [5.41, 5.74) is 2.92. The third-order valence-electron chi connectivity index (χ3n) is 5.93. The Bertz CT molecular complexity index is 895. The molecule has 0 saturated carbocycles. The van der Waals surface area contributed by atoms with Gasteiger partial charge in [-0.3, -0.25) is 0 Å². The molecule has 2 rings (SSSR count). The lowest BCUT2D eigenvalue weighted by molar-refractivity contribution is 0.343. The maximum atomic E-state index is 9.67. The molecule has 1 N–H and O–H groups in total. The molecule has 170 valence electrons. The van der Waals surface area contributed by atoms with Crippen molar-refractivity contribution < 1.29 is 23.7 Å². The quantitative estimate of drug-likeness (QED) is 0.502. The smallest absolute Gasteiger partial charge is 0.250 e. The van der Waals surface area contributed by atoms with E-state index in [4.69, 9.17) is 18.6 Å². The zero-order valence-corrected chi connectivity index (χ0v) is 21.0. The van der Waals surface area contributed by atoms with Crippen LogP contribution < -0.4 is 18.6 Å². The van der Waals surface area contributed by atoms with Gasteiger partial charge in [-0.15, -0.1) is 0 Å². The van der Waals surface area contributed by atoms with E-state index in [1.54, 1.807) is 21.3 Å². The van der Waals surface area contributed by atoms with E-state index in [2.05, 4.69) is 33.9 Å². The first-order valence-electron chi connectivity index (χ1n) is 10.4. The molecule has 0 atom stereocenters. The van der Waals surface area contributed by atoms with Gasteiger partial charge in [0.1, 0.15) is 23.0 Å². The molecular weight excluding hydrogens is 408 g/mol. The van der Waals surface area contributed by atoms with E-state index in [-0.39, 0.29) is 11.6 Å². The van der Waals surface area contributed by atoms with Gasteiger partial charge in [-0.1, -0.05) is 39.0 Å². The minimum Gasteiger partial charge on any atom is -0.543 e. The average molecular weight is 445 g/mol. The van der Waals surface area contributed by atoms with E-state index < -0.39 is 8.32 Å². The minimum absolute atomic E-state index is 0.0420. The Labute approximate surface area is 187 Å². The van der Waals surface area contributed by atoms with Gasteiger partial charge in [0.15, 0.2) is 0 Å². The topological polar surface area (TPSA) is 57.2 Å². The fourth-order valence-corrected chi connectivity index (χ4v) is 4.02. The maximum Gasteiger partial charge on any atom is 0.250 e. The lowest BCUT2D eigenvalue weighted by atomic mass is 9.96. The van der Waals surface area contributed by atoms with Crippen molar-refractivity contribution in [3.05, 3.63) is 53.6 Å². The van der Waals surface area contributed by atoms with Gasteiger partial charge in [-0.2, -0.15) is 0 Å². The van der Waals surface area contributed by atoms with E-state index in [0.29, 0.717) is 17.9 Å². The molecule has 0 unspecified atom stereocenters. The number of ether oxygens (including phenoxy) is 3. The molecule has 2 aromatic rings. The van der Waals surface area contributed by atoms with E-state index in [1.807, 2.05) is 42.5 Å². The van der Waals surface area contributed by atoms with Crippen LogP contribution in [0.3, 0.4) is 0 Å². The van der Waals surface area contributed by atoms with Gasteiger partial charge in [0.25, 0.3) is 0 Å². The summed E-state index contributed by atoms with van der Waals surface area (Å²) < 4.78 is 23.2. The van der Waals surface area contributed by atoms with Crippen molar-refractivity contribution in [2.75, 3.05) is 27.9 Å². The number of rotatable bonds is 9. The summed E-state index contributed by atoms with van der Waals surface area (Å²) in [6, 6.07) is 11.6. The first-order valence-corrected chi connectivity index (χ1v) is 13.3. The van der Waals surface area contributed by atoms with Crippen molar-refractivity contribution in [2.45, 2.75) is 45.3 Å². The summed E-state index contributed by atoms with van der Waals surface area (Å²) in [6.07, 6.45) is 2.37. The van der Waals surface area contributed by atoms with Gasteiger partial charge in [0.2, 0.25) is 8.32 Å². The van der Waals surface area contributed by atoms with Crippen LogP contribution in [0.4, 0.5) is 0 Å². The Kier molecular flexibility index (Phi) is 8.20. The first kappa shape index (κ1) is 24.8. The molecule has 0 heterocycles. The molecule has 5 nitrogen and oxygen atoms in total. The number of aliphatic hydroxyl groups is 1. The standard InChI is InChI=1S/C25H36O5Si/c1-25(2,3)31(7,8)30-24-17-21(28-5)16-23(29-6)22(24)15-19(13-14-26)18-9-11-20(27-4)12-10-18/h9-13,16-17,26H,14-15H2,1-8H3/b19-13-. The number of hydrogen-bond acceptors (Lipinski definition) is 5. The van der Waals surface area contributed by atoms with Crippen molar-refractivity contribution in [1.82, 2.24) is 0 Å². The Hall–Kier alpha value is -2.44. The molecule has 0 aliphatic heterocycles. The minimum atomic E-state index is -2.11. The molecule has 0 amide bonds. The second-order valence-corrected chi connectivity index (χ2v) is 13.7. The summed E-state index contributed by atoms with van der Waals surface area (Å²) in [5.74, 6) is 2.94. The molecule has 2 aromatic carbocycles. The monoisotopic (exact) mass is 444 g/mol. The number of aliphatic hydroxyl groups excluding tert-OH is 1. The molecule has 31 heavy (non-hydrogen) atoms. The predicted molar refractivity (Wildman–Crippen MR) is 129 cm³/mol. The van der Waals surface area contributed by atoms with E-state index in [0.717, 1.165) is 28.2 Å². The van der Waals surface area contributed by atoms with Crippen LogP contribution in [-0.2, 0) is 6.42 Å². The Balaban J connectivity index is 2.57. The Morgan fingerprint density at radius 2 is 1.48 bits per heavy atom. The highest BCUT2D eigenvalue weighted by atomic mass is 28.4. The molecule has 0 fully saturated rings. The molecule has 6 heteroatoms. The van der Waals surface area contributed by atoms with Crippen molar-refractivity contribution in [3.63, 3.8) is 0 Å². The van der Waals surface area contributed by atoms with Gasteiger partial charge in [0.05, 0.1) is 27.9 Å². The molecule has 0 aromatic heterocycles. The van der Waals surface area contributed by atoms with Gasteiger partial charge in [-0.05, 0) is 41.4 Å². The van der Waals surface area contributed by atoms with Crippen LogP contribution in [0.2, 0.25) is 18.1 Å². The predicted octanol–water partition coefficient (Wildman–Crippen LogP) is 5.71. The van der Waals surface area contributed by atoms with Gasteiger partial charge < -0.3 is 23.7 Å². The second kappa shape index (κ2) is 10.2. The lowest BCUT2D eigenvalue weighted by Crippen LogP contribution is -2.44. The molecule has 0 saturated heterocycles. The van der Waals surface area contributed by atoms with Crippen LogP contribution in [0.5, 0.6) is 23.0 Å². The Morgan fingerprint density at radius 1 is 0.903 bits per heavy atom. The van der Waals surface area contributed by atoms with E-state index >= 15 is 0 Å². The average Bonchev–Trinajstić information content (AvgIpc) is 2.73. The number of hydrogen-bond donors (Lipinski definition) is 1. The Morgan fingerprint density at radius 3 is 1.97 bits per heavy atom. The summed E-state index contributed by atoms with van der Waals surface area (Å²) >= 11 is 0. The van der Waals surface area contributed by atoms with Crippen LogP contribution in [0.25, 0.3) is 5.57 Å². The fourth-order valence-electron chi connectivity index (χ4n) is 2.99. The highest BCUT2D eigenvalue weighted by molar-refractivity contribution is 6.74.